The minimum atomic E-state index is 0.681. The third kappa shape index (κ3) is 2.88. The first kappa shape index (κ1) is 14.7. The zero-order valence-corrected chi connectivity index (χ0v) is 13.7. The van der Waals surface area contributed by atoms with Crippen LogP contribution in [0, 0.1) is 13.8 Å². The quantitative estimate of drug-likeness (QED) is 0.894. The van der Waals surface area contributed by atoms with E-state index in [1.54, 1.807) is 6.20 Å². The monoisotopic (exact) mass is 334 g/mol. The van der Waals surface area contributed by atoms with E-state index in [0.29, 0.717) is 5.69 Å². The molecule has 0 fully saturated rings. The first-order valence-electron chi connectivity index (χ1n) is 6.35. The van der Waals surface area contributed by atoms with Crippen molar-refractivity contribution in [3.8, 4) is 0 Å². The van der Waals surface area contributed by atoms with Crippen molar-refractivity contribution < 1.29 is 0 Å². The lowest BCUT2D eigenvalue weighted by atomic mass is 10.1. The van der Waals surface area contributed by atoms with Crippen LogP contribution >= 0.6 is 15.9 Å². The lowest BCUT2D eigenvalue weighted by Crippen LogP contribution is -2.10. The van der Waals surface area contributed by atoms with E-state index in [-0.39, 0.29) is 0 Å². The molecule has 20 heavy (non-hydrogen) atoms. The van der Waals surface area contributed by atoms with Crippen LogP contribution in [-0.2, 0) is 0 Å². The molecule has 0 bridgehead atoms. The Morgan fingerprint density at radius 3 is 2.60 bits per heavy atom. The van der Waals surface area contributed by atoms with Gasteiger partial charge in [0, 0.05) is 25.5 Å². The van der Waals surface area contributed by atoms with Crippen molar-refractivity contribution in [3.05, 3.63) is 40.0 Å². The fourth-order valence-corrected chi connectivity index (χ4v) is 2.42. The predicted octanol–water partition coefficient (Wildman–Crippen LogP) is 3.85. The largest absolute Gasteiger partial charge is 0.397 e. The topological polar surface area (TPSA) is 54.2 Å². The van der Waals surface area contributed by atoms with Gasteiger partial charge in [0.2, 0.25) is 0 Å². The second-order valence-electron chi connectivity index (χ2n) is 5.02. The van der Waals surface area contributed by atoms with E-state index in [9.17, 15) is 0 Å². The number of hydrogen-bond acceptors (Lipinski definition) is 4. The highest BCUT2D eigenvalue weighted by Crippen LogP contribution is 2.31. The van der Waals surface area contributed by atoms with Crippen molar-refractivity contribution in [1.29, 1.82) is 0 Å². The van der Waals surface area contributed by atoms with Crippen molar-refractivity contribution in [2.75, 3.05) is 30.0 Å². The molecule has 0 aliphatic carbocycles. The van der Waals surface area contributed by atoms with Gasteiger partial charge in [-0.3, -0.25) is 0 Å². The highest BCUT2D eigenvalue weighted by atomic mass is 79.9. The van der Waals surface area contributed by atoms with Crippen molar-refractivity contribution in [1.82, 2.24) is 4.98 Å². The molecule has 0 unspecified atom stereocenters. The van der Waals surface area contributed by atoms with E-state index in [2.05, 4.69) is 50.2 Å². The smallest absolute Gasteiger partial charge is 0.145 e. The van der Waals surface area contributed by atoms with Gasteiger partial charge >= 0.3 is 0 Å². The number of halogens is 1. The maximum Gasteiger partial charge on any atom is 0.145 e. The van der Waals surface area contributed by atoms with Gasteiger partial charge < -0.3 is 16.0 Å². The molecule has 2 rings (SSSR count). The lowest BCUT2D eigenvalue weighted by molar-refractivity contribution is 1.11. The molecule has 1 aromatic carbocycles. The Kier molecular flexibility index (Phi) is 4.18. The first-order chi connectivity index (χ1) is 9.40. The molecule has 4 nitrogen and oxygen atoms in total. The fourth-order valence-electron chi connectivity index (χ4n) is 1.98. The second-order valence-corrected chi connectivity index (χ2v) is 5.81. The number of aromatic nitrogens is 1. The minimum Gasteiger partial charge on any atom is -0.397 e. The summed E-state index contributed by atoms with van der Waals surface area (Å²) in [7, 11) is 4.07. The molecule has 2 aromatic rings. The predicted molar refractivity (Wildman–Crippen MR) is 89.9 cm³/mol. The van der Waals surface area contributed by atoms with Crippen LogP contribution < -0.4 is 16.0 Å². The van der Waals surface area contributed by atoms with Crippen molar-refractivity contribution in [3.63, 3.8) is 0 Å². The average molecular weight is 335 g/mol. The van der Waals surface area contributed by atoms with Gasteiger partial charge in [-0.2, -0.15) is 0 Å². The lowest BCUT2D eigenvalue weighted by Gasteiger charge is -2.18. The Balaban J connectivity index is 2.36. The number of rotatable bonds is 3. The van der Waals surface area contributed by atoms with Crippen LogP contribution in [0.4, 0.5) is 22.9 Å². The maximum absolute atomic E-state index is 5.84. The Bertz CT molecular complexity index is 638. The maximum atomic E-state index is 5.84. The zero-order chi connectivity index (χ0) is 14.9. The summed E-state index contributed by atoms with van der Waals surface area (Å²) in [5.74, 6) is 0.769. The summed E-state index contributed by atoms with van der Waals surface area (Å²) in [5.41, 5.74) is 10.9. The number of nitrogen functional groups attached to an aromatic ring is 1. The van der Waals surface area contributed by atoms with Gasteiger partial charge in [0.15, 0.2) is 0 Å². The van der Waals surface area contributed by atoms with Gasteiger partial charge in [0.05, 0.1) is 16.4 Å². The Morgan fingerprint density at radius 2 is 1.95 bits per heavy atom. The molecular weight excluding hydrogens is 316 g/mol. The van der Waals surface area contributed by atoms with Crippen LogP contribution in [0.1, 0.15) is 11.1 Å². The van der Waals surface area contributed by atoms with Gasteiger partial charge in [-0.15, -0.1) is 0 Å². The molecule has 0 atom stereocenters. The molecule has 1 heterocycles. The van der Waals surface area contributed by atoms with Crippen LogP contribution in [0.3, 0.4) is 0 Å². The zero-order valence-electron chi connectivity index (χ0n) is 12.2. The van der Waals surface area contributed by atoms with E-state index < -0.39 is 0 Å². The number of nitrogens with two attached hydrogens (primary N) is 1. The molecule has 1 aromatic heterocycles. The molecule has 0 aliphatic heterocycles. The Hall–Kier alpha value is -1.75. The number of benzene rings is 1. The van der Waals surface area contributed by atoms with Gasteiger partial charge in [0.1, 0.15) is 5.82 Å². The summed E-state index contributed by atoms with van der Waals surface area (Å²) < 4.78 is 0.893. The van der Waals surface area contributed by atoms with E-state index in [4.69, 9.17) is 5.73 Å². The van der Waals surface area contributed by atoms with E-state index in [1.165, 1.54) is 11.3 Å². The molecule has 5 heteroatoms. The van der Waals surface area contributed by atoms with Crippen LogP contribution in [0.15, 0.2) is 28.9 Å². The van der Waals surface area contributed by atoms with Crippen LogP contribution in [0.2, 0.25) is 0 Å². The number of hydrogen-bond donors (Lipinski definition) is 2. The molecule has 0 aliphatic rings. The van der Waals surface area contributed by atoms with Gasteiger partial charge in [0.25, 0.3) is 0 Å². The van der Waals surface area contributed by atoms with Gasteiger partial charge in [-0.1, -0.05) is 6.07 Å². The Morgan fingerprint density at radius 1 is 1.25 bits per heavy atom. The van der Waals surface area contributed by atoms with Crippen molar-refractivity contribution in [2.45, 2.75) is 13.8 Å². The summed E-state index contributed by atoms with van der Waals surface area (Å²) in [5, 5.41) is 3.32. The van der Waals surface area contributed by atoms with E-state index in [1.807, 2.05) is 27.1 Å². The normalized spacial score (nSPS) is 10.4. The van der Waals surface area contributed by atoms with Gasteiger partial charge in [-0.05, 0) is 53.0 Å². The van der Waals surface area contributed by atoms with E-state index >= 15 is 0 Å². The van der Waals surface area contributed by atoms with Crippen LogP contribution in [0.5, 0.6) is 0 Å². The molecule has 3 N–H and O–H groups in total. The standard InChI is InChI=1S/C15H19BrN4/c1-9-5-6-11(7-13(9)20(3)4)19-15-14(16)10(2)12(17)8-18-15/h5-8H,17H2,1-4H3,(H,18,19). The molecule has 0 saturated carbocycles. The van der Waals surface area contributed by atoms with Gasteiger partial charge in [-0.25, -0.2) is 4.98 Å². The third-order valence-corrected chi connectivity index (χ3v) is 4.23. The van der Waals surface area contributed by atoms with Crippen LogP contribution in [0.25, 0.3) is 0 Å². The van der Waals surface area contributed by atoms with E-state index in [0.717, 1.165) is 21.5 Å². The molecule has 106 valence electrons. The summed E-state index contributed by atoms with van der Waals surface area (Å²) >= 11 is 3.53. The molecule has 0 amide bonds. The summed E-state index contributed by atoms with van der Waals surface area (Å²) in [6.45, 7) is 4.06. The number of nitrogens with zero attached hydrogens (tertiary/aromatic N) is 2. The summed E-state index contributed by atoms with van der Waals surface area (Å²) in [4.78, 5) is 6.43. The fraction of sp³-hybridized carbons (Fsp3) is 0.267. The van der Waals surface area contributed by atoms with Crippen molar-refractivity contribution in [2.24, 2.45) is 0 Å². The summed E-state index contributed by atoms with van der Waals surface area (Å²) in [6.07, 6.45) is 1.67. The number of aryl methyl sites for hydroxylation is 1. The second kappa shape index (κ2) is 5.71. The minimum absolute atomic E-state index is 0.681. The highest BCUT2D eigenvalue weighted by molar-refractivity contribution is 9.10. The average Bonchev–Trinajstić information content (AvgIpc) is 2.41. The molecule has 0 spiro atoms. The number of nitrogens with one attached hydrogen (secondary N) is 1. The molecule has 0 radical (unpaired) electrons. The van der Waals surface area contributed by atoms with Crippen molar-refractivity contribution >= 4 is 38.8 Å². The molecular formula is C15H19BrN4. The highest BCUT2D eigenvalue weighted by Gasteiger charge is 2.09. The first-order valence-corrected chi connectivity index (χ1v) is 7.15. The van der Waals surface area contributed by atoms with Crippen LogP contribution in [-0.4, -0.2) is 19.1 Å². The molecule has 0 saturated heterocycles. The third-order valence-electron chi connectivity index (χ3n) is 3.26. The number of pyridine rings is 1. The number of anilines is 4. The Labute approximate surface area is 128 Å². The SMILES string of the molecule is Cc1ccc(Nc2ncc(N)c(C)c2Br)cc1N(C)C. The summed E-state index contributed by atoms with van der Waals surface area (Å²) in [6, 6.07) is 6.24.